The Morgan fingerprint density at radius 1 is 1.26 bits per heavy atom. The van der Waals surface area contributed by atoms with Gasteiger partial charge in [-0.05, 0) is 35.7 Å². The first-order valence-corrected chi connectivity index (χ1v) is 11.5. The lowest BCUT2D eigenvalue weighted by Crippen LogP contribution is -2.42. The van der Waals surface area contributed by atoms with Gasteiger partial charge in [0.2, 0.25) is 5.91 Å². The molecule has 3 N–H and O–H groups in total. The molecule has 0 aliphatic carbocycles. The minimum absolute atomic E-state index is 0.0356. The number of halogens is 2. The Kier molecular flexibility index (Phi) is 6.36. The van der Waals surface area contributed by atoms with Gasteiger partial charge in [-0.1, -0.05) is 18.2 Å². The number of nitrogens with one attached hydrogen (secondary N) is 2. The molecule has 2 aromatic heterocycles. The van der Waals surface area contributed by atoms with E-state index in [-0.39, 0.29) is 25.5 Å². The van der Waals surface area contributed by atoms with Crippen molar-refractivity contribution < 1.29 is 23.4 Å². The van der Waals surface area contributed by atoms with Crippen molar-refractivity contribution in [1.82, 2.24) is 20.2 Å². The summed E-state index contributed by atoms with van der Waals surface area (Å²) in [5.74, 6) is -2.00. The molecule has 0 atom stereocenters. The van der Waals surface area contributed by atoms with Gasteiger partial charge in [-0.15, -0.1) is 0 Å². The van der Waals surface area contributed by atoms with E-state index in [9.17, 15) is 13.6 Å². The Hall–Kier alpha value is -3.56. The highest BCUT2D eigenvalue weighted by atomic mass is 19.1. The van der Waals surface area contributed by atoms with Crippen LogP contribution >= 0.6 is 0 Å². The number of hydrogen-bond donors (Lipinski definition) is 3. The van der Waals surface area contributed by atoms with Crippen molar-refractivity contribution in [3.63, 3.8) is 0 Å². The molecule has 3 heterocycles. The van der Waals surface area contributed by atoms with Crippen molar-refractivity contribution >= 4 is 27.7 Å². The number of aromatic amines is 1. The van der Waals surface area contributed by atoms with Crippen LogP contribution in [-0.2, 0) is 24.2 Å². The molecule has 0 radical (unpaired) electrons. The Labute approximate surface area is 200 Å². The number of benzene rings is 2. The molecule has 9 heteroatoms. The number of carbonyl (C=O) groups excluding carboxylic acids is 1. The van der Waals surface area contributed by atoms with E-state index in [0.29, 0.717) is 37.3 Å². The minimum atomic E-state index is -0.763. The first-order valence-electron chi connectivity index (χ1n) is 11.5. The number of para-hydroxylation sites is 1. The van der Waals surface area contributed by atoms with E-state index in [1.54, 1.807) is 4.90 Å². The normalized spacial score (nSPS) is 13.4. The summed E-state index contributed by atoms with van der Waals surface area (Å²) in [5.41, 5.74) is 4.76. The highest BCUT2D eigenvalue weighted by Crippen LogP contribution is 2.35. The average Bonchev–Trinajstić information content (AvgIpc) is 3.24. The number of H-pyrrole nitrogens is 1. The van der Waals surface area contributed by atoms with Crippen LogP contribution in [0.15, 0.2) is 36.4 Å². The third-order valence-electron chi connectivity index (χ3n) is 6.44. The smallest absolute Gasteiger partial charge is 0.236 e. The van der Waals surface area contributed by atoms with Crippen molar-refractivity contribution in [2.75, 3.05) is 33.4 Å². The first kappa shape index (κ1) is 23.2. The lowest BCUT2D eigenvalue weighted by atomic mass is 9.96. The van der Waals surface area contributed by atoms with Crippen LogP contribution in [0.3, 0.4) is 0 Å². The van der Waals surface area contributed by atoms with Gasteiger partial charge in [-0.3, -0.25) is 9.78 Å². The molecule has 0 saturated carbocycles. The zero-order chi connectivity index (χ0) is 24.5. The van der Waals surface area contributed by atoms with Crippen LogP contribution in [0.5, 0.6) is 5.75 Å². The third-order valence-corrected chi connectivity index (χ3v) is 6.44. The molecule has 182 valence electrons. The van der Waals surface area contributed by atoms with Crippen LogP contribution < -0.4 is 10.1 Å². The van der Waals surface area contributed by atoms with E-state index < -0.39 is 17.4 Å². The highest BCUT2D eigenvalue weighted by Gasteiger charge is 2.26. The fraction of sp³-hybridized carbons (Fsp3) is 0.308. The summed E-state index contributed by atoms with van der Waals surface area (Å²) >= 11 is 0. The Morgan fingerprint density at radius 2 is 2.03 bits per heavy atom. The third kappa shape index (κ3) is 4.33. The number of fused-ring (bicyclic) bond motifs is 5. The second-order valence-corrected chi connectivity index (χ2v) is 8.64. The second-order valence-electron chi connectivity index (χ2n) is 8.64. The van der Waals surface area contributed by atoms with Gasteiger partial charge in [0, 0.05) is 35.8 Å². The van der Waals surface area contributed by atoms with E-state index in [1.165, 1.54) is 19.2 Å². The quantitative estimate of drug-likeness (QED) is 0.354. The molecule has 0 saturated heterocycles. The maximum absolute atomic E-state index is 14.4. The molecule has 1 amide bonds. The molecule has 2 aromatic carbocycles. The van der Waals surface area contributed by atoms with E-state index >= 15 is 0 Å². The number of aliphatic hydroxyl groups excluding tert-OH is 1. The van der Waals surface area contributed by atoms with Crippen LogP contribution in [0.4, 0.5) is 8.78 Å². The molecule has 0 unspecified atom stereocenters. The first-order chi connectivity index (χ1) is 17.0. The lowest BCUT2D eigenvalue weighted by Gasteiger charge is -2.29. The highest BCUT2D eigenvalue weighted by molar-refractivity contribution is 6.10. The lowest BCUT2D eigenvalue weighted by molar-refractivity contribution is -0.131. The SMILES string of the molecule is COc1c(F)cc(Cc2nc3c(c4c2[nH]c2ccccc24)CCN(C(=O)CNCCO)C3)cc1F. The molecule has 1 aliphatic rings. The standard InChI is InChI=1S/C26H26F2N4O3/c1-35-26-18(27)10-15(11-19(26)28)12-21-25-24(16-4-2-3-5-20(16)31-25)17-6-8-32(14-22(17)30-21)23(34)13-29-7-9-33/h2-5,10-11,29,31,33H,6-9,12-14H2,1H3. The molecule has 4 aromatic rings. The van der Waals surface area contributed by atoms with Crippen molar-refractivity contribution in [3.05, 3.63) is 70.5 Å². The molecule has 0 bridgehead atoms. The van der Waals surface area contributed by atoms with Gasteiger partial charge in [0.25, 0.3) is 0 Å². The summed E-state index contributed by atoms with van der Waals surface area (Å²) in [5, 5.41) is 14.0. The molecule has 7 nitrogen and oxygen atoms in total. The summed E-state index contributed by atoms with van der Waals surface area (Å²) in [6.45, 7) is 1.37. The topological polar surface area (TPSA) is 90.5 Å². The number of hydrogen-bond acceptors (Lipinski definition) is 5. The number of amides is 1. The van der Waals surface area contributed by atoms with E-state index in [2.05, 4.69) is 10.3 Å². The van der Waals surface area contributed by atoms with E-state index in [1.807, 2.05) is 24.3 Å². The van der Waals surface area contributed by atoms with Gasteiger partial charge < -0.3 is 25.0 Å². The number of rotatable bonds is 7. The number of carbonyl (C=O) groups is 1. The van der Waals surface area contributed by atoms with Crippen molar-refractivity contribution in [1.29, 1.82) is 0 Å². The number of nitrogens with zero attached hydrogens (tertiary/aromatic N) is 2. The number of methoxy groups -OCH3 is 1. The predicted octanol–water partition coefficient (Wildman–Crippen LogP) is 3.06. The molecule has 5 rings (SSSR count). The second kappa shape index (κ2) is 9.59. The van der Waals surface area contributed by atoms with Crippen LogP contribution in [-0.4, -0.2) is 59.2 Å². The van der Waals surface area contributed by atoms with Gasteiger partial charge in [0.15, 0.2) is 17.4 Å². The fourth-order valence-corrected chi connectivity index (χ4v) is 4.84. The molecule has 0 fully saturated rings. The van der Waals surface area contributed by atoms with Gasteiger partial charge >= 0.3 is 0 Å². The van der Waals surface area contributed by atoms with Gasteiger partial charge in [0.1, 0.15) is 0 Å². The summed E-state index contributed by atoms with van der Waals surface area (Å²) in [7, 11) is 1.23. The number of aromatic nitrogens is 2. The zero-order valence-corrected chi connectivity index (χ0v) is 19.3. The maximum atomic E-state index is 14.4. The van der Waals surface area contributed by atoms with E-state index in [4.69, 9.17) is 14.8 Å². The number of pyridine rings is 1. The summed E-state index contributed by atoms with van der Waals surface area (Å²) in [6.07, 6.45) is 0.860. The van der Waals surface area contributed by atoms with Crippen molar-refractivity contribution in [3.8, 4) is 5.75 Å². The Bertz CT molecular complexity index is 1400. The predicted molar refractivity (Wildman–Crippen MR) is 128 cm³/mol. The number of ether oxygens (including phenoxy) is 1. The molecule has 1 aliphatic heterocycles. The van der Waals surface area contributed by atoms with Gasteiger partial charge in [0.05, 0.1) is 43.7 Å². The van der Waals surface area contributed by atoms with Crippen molar-refractivity contribution in [2.45, 2.75) is 19.4 Å². The van der Waals surface area contributed by atoms with Crippen LogP contribution in [0, 0.1) is 11.6 Å². The van der Waals surface area contributed by atoms with Crippen LogP contribution in [0.2, 0.25) is 0 Å². The molecular weight excluding hydrogens is 454 g/mol. The monoisotopic (exact) mass is 480 g/mol. The summed E-state index contributed by atoms with van der Waals surface area (Å²) in [6, 6.07) is 10.5. The van der Waals surface area contributed by atoms with Gasteiger partial charge in [-0.25, -0.2) is 8.78 Å². The molecule has 0 spiro atoms. The number of aliphatic hydroxyl groups is 1. The van der Waals surface area contributed by atoms with Crippen molar-refractivity contribution in [2.24, 2.45) is 0 Å². The average molecular weight is 481 g/mol. The van der Waals surface area contributed by atoms with Gasteiger partial charge in [-0.2, -0.15) is 0 Å². The summed E-state index contributed by atoms with van der Waals surface area (Å²) in [4.78, 5) is 22.8. The Balaban J connectivity index is 1.58. The summed E-state index contributed by atoms with van der Waals surface area (Å²) < 4.78 is 33.6. The molecular formula is C26H26F2N4O3. The minimum Gasteiger partial charge on any atom is -0.491 e. The fourth-order valence-electron chi connectivity index (χ4n) is 4.84. The van der Waals surface area contributed by atoms with Crippen LogP contribution in [0.1, 0.15) is 22.5 Å². The molecule has 35 heavy (non-hydrogen) atoms. The largest absolute Gasteiger partial charge is 0.491 e. The van der Waals surface area contributed by atoms with Crippen LogP contribution in [0.25, 0.3) is 21.8 Å². The van der Waals surface area contributed by atoms with E-state index in [0.717, 1.165) is 33.1 Å². The zero-order valence-electron chi connectivity index (χ0n) is 19.3. The Morgan fingerprint density at radius 3 is 2.77 bits per heavy atom. The maximum Gasteiger partial charge on any atom is 0.236 e.